The molecule has 4 heteroatoms. The van der Waals surface area contributed by atoms with Gasteiger partial charge in [0.05, 0.1) is 17.7 Å². The van der Waals surface area contributed by atoms with Gasteiger partial charge in [0.25, 0.3) is 0 Å². The molecule has 0 atom stereocenters. The van der Waals surface area contributed by atoms with Crippen LogP contribution in [0, 0.1) is 11.3 Å². The van der Waals surface area contributed by atoms with Crippen LogP contribution in [0.25, 0.3) is 0 Å². The molecule has 15 heavy (non-hydrogen) atoms. The molecule has 0 bridgehead atoms. The van der Waals surface area contributed by atoms with Crippen molar-refractivity contribution >= 4 is 11.6 Å². The van der Waals surface area contributed by atoms with Crippen molar-refractivity contribution in [2.75, 3.05) is 21.2 Å². The summed E-state index contributed by atoms with van der Waals surface area (Å²) in [5.41, 5.74) is 1.44. The lowest BCUT2D eigenvalue weighted by Gasteiger charge is -2.14. The Hall–Kier alpha value is -1.24. The number of ether oxygens (including phenoxy) is 1. The Morgan fingerprint density at radius 1 is 1.47 bits per heavy atom. The second-order valence-electron chi connectivity index (χ2n) is 3.49. The number of methoxy groups -OCH3 is 1. The Bertz CT molecular complexity index is 396. The minimum atomic E-state index is 0.428. The van der Waals surface area contributed by atoms with E-state index in [9.17, 15) is 0 Å². The first-order valence-corrected chi connectivity index (χ1v) is 4.87. The average molecular weight is 225 g/mol. The van der Waals surface area contributed by atoms with E-state index in [1.165, 1.54) is 0 Å². The Labute approximate surface area is 94.8 Å². The Balaban J connectivity index is 3.18. The summed E-state index contributed by atoms with van der Waals surface area (Å²) >= 11 is 5.90. The second-order valence-corrected chi connectivity index (χ2v) is 3.90. The molecule has 80 valence electrons. The molecule has 1 aromatic carbocycles. The van der Waals surface area contributed by atoms with E-state index in [1.807, 2.05) is 19.0 Å². The molecule has 1 aromatic rings. The largest absolute Gasteiger partial charge is 0.496 e. The highest BCUT2D eigenvalue weighted by Gasteiger charge is 2.09. The van der Waals surface area contributed by atoms with Crippen LogP contribution >= 0.6 is 11.6 Å². The number of benzene rings is 1. The number of nitriles is 1. The molecule has 1 rings (SSSR count). The molecule has 0 radical (unpaired) electrons. The molecule has 0 unspecified atom stereocenters. The van der Waals surface area contributed by atoms with Crippen molar-refractivity contribution in [1.82, 2.24) is 4.90 Å². The van der Waals surface area contributed by atoms with Gasteiger partial charge in [0.2, 0.25) is 0 Å². The molecule has 0 aliphatic carbocycles. The highest BCUT2D eigenvalue weighted by atomic mass is 35.5. The molecule has 0 aromatic heterocycles. The van der Waals surface area contributed by atoms with Crippen LogP contribution in [0.15, 0.2) is 12.1 Å². The minimum absolute atomic E-state index is 0.428. The maximum Gasteiger partial charge on any atom is 0.124 e. The third-order valence-electron chi connectivity index (χ3n) is 1.98. The summed E-state index contributed by atoms with van der Waals surface area (Å²) in [6, 6.07) is 5.50. The van der Waals surface area contributed by atoms with Crippen LogP contribution in [0.2, 0.25) is 5.02 Å². The monoisotopic (exact) mass is 224 g/mol. The van der Waals surface area contributed by atoms with Crippen molar-refractivity contribution in [3.8, 4) is 11.8 Å². The van der Waals surface area contributed by atoms with Gasteiger partial charge >= 0.3 is 0 Å². The third-order valence-corrected chi connectivity index (χ3v) is 2.29. The molecule has 0 spiro atoms. The molecule has 0 N–H and O–H groups in total. The smallest absolute Gasteiger partial charge is 0.124 e. The van der Waals surface area contributed by atoms with Gasteiger partial charge in [-0.15, -0.1) is 0 Å². The maximum absolute atomic E-state index is 8.85. The Morgan fingerprint density at radius 2 is 2.13 bits per heavy atom. The van der Waals surface area contributed by atoms with E-state index in [2.05, 4.69) is 6.07 Å². The average Bonchev–Trinajstić information content (AvgIpc) is 2.19. The van der Waals surface area contributed by atoms with E-state index in [4.69, 9.17) is 21.6 Å². The minimum Gasteiger partial charge on any atom is -0.496 e. The first-order valence-electron chi connectivity index (χ1n) is 4.49. The molecule has 0 aliphatic rings. The lowest BCUT2D eigenvalue weighted by atomic mass is 10.1. The van der Waals surface area contributed by atoms with Gasteiger partial charge in [-0.05, 0) is 20.2 Å². The maximum atomic E-state index is 8.85. The molecular formula is C11H13ClN2O. The number of hydrogen-bond acceptors (Lipinski definition) is 3. The van der Waals surface area contributed by atoms with E-state index in [0.717, 1.165) is 12.1 Å². The zero-order chi connectivity index (χ0) is 11.4. The standard InChI is InChI=1S/C11H13ClN2O/c1-14(2)7-9-4-8(6-13)10(12)5-11(9)15-3/h4-5H,7H2,1-3H3. The Kier molecular flexibility index (Phi) is 3.96. The molecule has 3 nitrogen and oxygen atoms in total. The van der Waals surface area contributed by atoms with Gasteiger partial charge in [-0.3, -0.25) is 0 Å². The van der Waals surface area contributed by atoms with Crippen molar-refractivity contribution in [2.45, 2.75) is 6.54 Å². The summed E-state index contributed by atoms with van der Waals surface area (Å²) in [5, 5.41) is 9.28. The molecule has 0 fully saturated rings. The fourth-order valence-corrected chi connectivity index (χ4v) is 1.54. The lowest BCUT2D eigenvalue weighted by Crippen LogP contribution is -2.11. The molecule has 0 aliphatic heterocycles. The Morgan fingerprint density at radius 3 is 2.60 bits per heavy atom. The summed E-state index contributed by atoms with van der Waals surface area (Å²) in [6.07, 6.45) is 0. The van der Waals surface area contributed by atoms with Crippen molar-refractivity contribution in [3.05, 3.63) is 28.3 Å². The summed E-state index contributed by atoms with van der Waals surface area (Å²) < 4.78 is 5.21. The topological polar surface area (TPSA) is 36.3 Å². The van der Waals surface area contributed by atoms with E-state index in [-0.39, 0.29) is 0 Å². The lowest BCUT2D eigenvalue weighted by molar-refractivity contribution is 0.372. The molecule has 0 saturated carbocycles. The second kappa shape index (κ2) is 5.01. The zero-order valence-electron chi connectivity index (χ0n) is 9.04. The summed E-state index contributed by atoms with van der Waals surface area (Å²) in [6.45, 7) is 0.717. The van der Waals surface area contributed by atoms with Gasteiger partial charge in [0.1, 0.15) is 11.8 Å². The van der Waals surface area contributed by atoms with Gasteiger partial charge in [-0.25, -0.2) is 0 Å². The van der Waals surface area contributed by atoms with Crippen molar-refractivity contribution in [2.24, 2.45) is 0 Å². The number of rotatable bonds is 3. The van der Waals surface area contributed by atoms with Crippen molar-refractivity contribution in [3.63, 3.8) is 0 Å². The number of hydrogen-bond donors (Lipinski definition) is 0. The number of nitrogens with zero attached hydrogens (tertiary/aromatic N) is 2. The fraction of sp³-hybridized carbons (Fsp3) is 0.364. The SMILES string of the molecule is COc1cc(Cl)c(C#N)cc1CN(C)C. The van der Waals surface area contributed by atoms with Crippen molar-refractivity contribution in [1.29, 1.82) is 5.26 Å². The van der Waals surface area contributed by atoms with Gasteiger partial charge in [0, 0.05) is 18.2 Å². The highest BCUT2D eigenvalue weighted by molar-refractivity contribution is 6.31. The zero-order valence-corrected chi connectivity index (χ0v) is 9.80. The van der Waals surface area contributed by atoms with Gasteiger partial charge in [-0.1, -0.05) is 11.6 Å². The van der Waals surface area contributed by atoms with Crippen molar-refractivity contribution < 1.29 is 4.74 Å². The van der Waals surface area contributed by atoms with Crippen LogP contribution in [-0.4, -0.2) is 26.1 Å². The molecule has 0 saturated heterocycles. The third kappa shape index (κ3) is 2.85. The molecule has 0 amide bonds. The first-order chi connectivity index (χ1) is 7.08. The predicted molar refractivity (Wildman–Crippen MR) is 60.1 cm³/mol. The van der Waals surface area contributed by atoms with Gasteiger partial charge in [-0.2, -0.15) is 5.26 Å². The van der Waals surface area contributed by atoms with Crippen LogP contribution in [0.4, 0.5) is 0 Å². The normalized spacial score (nSPS) is 10.1. The number of halogens is 1. The predicted octanol–water partition coefficient (Wildman–Crippen LogP) is 2.28. The first kappa shape index (κ1) is 11.8. The molecular weight excluding hydrogens is 212 g/mol. The van der Waals surface area contributed by atoms with E-state index in [0.29, 0.717) is 16.3 Å². The van der Waals surface area contributed by atoms with Gasteiger partial charge < -0.3 is 9.64 Å². The molecule has 0 heterocycles. The fourth-order valence-electron chi connectivity index (χ4n) is 1.34. The summed E-state index contributed by atoms with van der Waals surface area (Å²) in [7, 11) is 5.51. The summed E-state index contributed by atoms with van der Waals surface area (Å²) in [5.74, 6) is 0.715. The van der Waals surface area contributed by atoms with E-state index >= 15 is 0 Å². The van der Waals surface area contributed by atoms with E-state index in [1.54, 1.807) is 19.2 Å². The quantitative estimate of drug-likeness (QED) is 0.791. The van der Waals surface area contributed by atoms with Crippen LogP contribution in [-0.2, 0) is 6.54 Å². The van der Waals surface area contributed by atoms with Crippen LogP contribution < -0.4 is 4.74 Å². The van der Waals surface area contributed by atoms with Gasteiger partial charge in [0.15, 0.2) is 0 Å². The highest BCUT2D eigenvalue weighted by Crippen LogP contribution is 2.27. The summed E-state index contributed by atoms with van der Waals surface area (Å²) in [4.78, 5) is 2.01. The van der Waals surface area contributed by atoms with E-state index < -0.39 is 0 Å². The van der Waals surface area contributed by atoms with Crippen LogP contribution in [0.5, 0.6) is 5.75 Å². The van der Waals surface area contributed by atoms with Crippen LogP contribution in [0.3, 0.4) is 0 Å². The van der Waals surface area contributed by atoms with Crippen LogP contribution in [0.1, 0.15) is 11.1 Å².